The summed E-state index contributed by atoms with van der Waals surface area (Å²) in [6, 6.07) is 9.68. The Bertz CT molecular complexity index is 667. The van der Waals surface area contributed by atoms with E-state index in [0.29, 0.717) is 18.7 Å². The van der Waals surface area contributed by atoms with Crippen LogP contribution in [0.1, 0.15) is 45.0 Å². The SMILES string of the molecule is CCCC(=O)NCC(=O)N[C@H](CC)c1ncc(-c2ccccc2)[nH]1. The number of H-pyrrole nitrogens is 1. The van der Waals surface area contributed by atoms with Crippen molar-refractivity contribution >= 4 is 11.8 Å². The Kier molecular flexibility index (Phi) is 6.54. The number of hydrogen-bond acceptors (Lipinski definition) is 3. The molecule has 0 aliphatic rings. The van der Waals surface area contributed by atoms with Crippen LogP contribution in [0, 0.1) is 0 Å². The van der Waals surface area contributed by atoms with Crippen LogP contribution < -0.4 is 10.6 Å². The molecule has 3 N–H and O–H groups in total. The van der Waals surface area contributed by atoms with Crippen LogP contribution in [0.15, 0.2) is 36.5 Å². The molecule has 0 fully saturated rings. The first-order valence-electron chi connectivity index (χ1n) is 8.30. The summed E-state index contributed by atoms with van der Waals surface area (Å²) >= 11 is 0. The van der Waals surface area contributed by atoms with Gasteiger partial charge in [0.15, 0.2) is 0 Å². The summed E-state index contributed by atoms with van der Waals surface area (Å²) in [4.78, 5) is 31.1. The lowest BCUT2D eigenvalue weighted by molar-refractivity contribution is -0.126. The lowest BCUT2D eigenvalue weighted by Gasteiger charge is -2.15. The molecule has 0 saturated heterocycles. The summed E-state index contributed by atoms with van der Waals surface area (Å²) in [7, 11) is 0. The molecular formula is C18H24N4O2. The first kappa shape index (κ1) is 17.7. The quantitative estimate of drug-likeness (QED) is 0.696. The molecule has 2 aromatic rings. The highest BCUT2D eigenvalue weighted by molar-refractivity contribution is 5.84. The fourth-order valence-corrected chi connectivity index (χ4v) is 2.38. The third-order valence-electron chi connectivity index (χ3n) is 3.68. The number of aromatic amines is 1. The van der Waals surface area contributed by atoms with Crippen molar-refractivity contribution < 1.29 is 9.59 Å². The van der Waals surface area contributed by atoms with Crippen molar-refractivity contribution in [2.75, 3.05) is 6.54 Å². The predicted molar refractivity (Wildman–Crippen MR) is 93.1 cm³/mol. The number of aromatic nitrogens is 2. The zero-order chi connectivity index (χ0) is 17.4. The number of nitrogens with zero attached hydrogens (tertiary/aromatic N) is 1. The van der Waals surface area contributed by atoms with E-state index in [4.69, 9.17) is 0 Å². The fraction of sp³-hybridized carbons (Fsp3) is 0.389. The summed E-state index contributed by atoms with van der Waals surface area (Å²) in [5.74, 6) is 0.388. The zero-order valence-electron chi connectivity index (χ0n) is 14.1. The van der Waals surface area contributed by atoms with Gasteiger partial charge in [-0.15, -0.1) is 0 Å². The van der Waals surface area contributed by atoms with Crippen LogP contribution in [0.25, 0.3) is 11.3 Å². The van der Waals surface area contributed by atoms with Crippen molar-refractivity contribution in [2.24, 2.45) is 0 Å². The number of imidazole rings is 1. The Morgan fingerprint density at radius 1 is 1.17 bits per heavy atom. The number of carbonyl (C=O) groups is 2. The summed E-state index contributed by atoms with van der Waals surface area (Å²) in [5, 5.41) is 5.51. The lowest BCUT2D eigenvalue weighted by Crippen LogP contribution is -2.38. The standard InChI is InChI=1S/C18H24N4O2/c1-3-8-16(23)19-12-17(24)21-14(4-2)18-20-11-15(22-18)13-9-6-5-7-10-13/h5-7,9-11,14H,3-4,8,12H2,1-2H3,(H,19,23)(H,20,22)(H,21,24)/t14-/m1/s1. The van der Waals surface area contributed by atoms with Crippen molar-refractivity contribution in [1.82, 2.24) is 20.6 Å². The van der Waals surface area contributed by atoms with Crippen LogP contribution in [0.2, 0.25) is 0 Å². The van der Waals surface area contributed by atoms with Gasteiger partial charge in [-0.3, -0.25) is 9.59 Å². The molecule has 0 saturated carbocycles. The number of carbonyl (C=O) groups excluding carboxylic acids is 2. The highest BCUT2D eigenvalue weighted by atomic mass is 16.2. The molecule has 0 aliphatic heterocycles. The lowest BCUT2D eigenvalue weighted by atomic mass is 10.2. The normalized spacial score (nSPS) is 11.8. The Morgan fingerprint density at radius 2 is 1.92 bits per heavy atom. The van der Waals surface area contributed by atoms with Crippen LogP contribution in [-0.2, 0) is 9.59 Å². The molecule has 1 aromatic heterocycles. The molecule has 2 rings (SSSR count). The average Bonchev–Trinajstić information content (AvgIpc) is 3.09. The van der Waals surface area contributed by atoms with E-state index in [1.165, 1.54) is 0 Å². The van der Waals surface area contributed by atoms with Gasteiger partial charge < -0.3 is 15.6 Å². The topological polar surface area (TPSA) is 86.9 Å². The molecule has 0 radical (unpaired) electrons. The van der Waals surface area contributed by atoms with E-state index in [2.05, 4.69) is 20.6 Å². The molecular weight excluding hydrogens is 304 g/mol. The predicted octanol–water partition coefficient (Wildman–Crippen LogP) is 2.56. The van der Waals surface area contributed by atoms with Crippen LogP contribution in [0.5, 0.6) is 0 Å². The fourth-order valence-electron chi connectivity index (χ4n) is 2.38. The van der Waals surface area contributed by atoms with E-state index in [9.17, 15) is 9.59 Å². The van der Waals surface area contributed by atoms with Gasteiger partial charge in [0.25, 0.3) is 0 Å². The summed E-state index contributed by atoms with van der Waals surface area (Å²) in [6.07, 6.45) is 3.67. The van der Waals surface area contributed by atoms with E-state index < -0.39 is 0 Å². The van der Waals surface area contributed by atoms with E-state index in [-0.39, 0.29) is 24.4 Å². The van der Waals surface area contributed by atoms with E-state index >= 15 is 0 Å². The second-order valence-electron chi connectivity index (χ2n) is 5.60. The molecule has 2 amide bonds. The van der Waals surface area contributed by atoms with Crippen molar-refractivity contribution in [1.29, 1.82) is 0 Å². The molecule has 0 bridgehead atoms. The van der Waals surface area contributed by atoms with Crippen LogP contribution >= 0.6 is 0 Å². The van der Waals surface area contributed by atoms with Crippen molar-refractivity contribution in [3.63, 3.8) is 0 Å². The van der Waals surface area contributed by atoms with Crippen molar-refractivity contribution in [3.8, 4) is 11.3 Å². The van der Waals surface area contributed by atoms with Crippen molar-refractivity contribution in [2.45, 2.75) is 39.2 Å². The number of hydrogen-bond donors (Lipinski definition) is 3. The molecule has 6 nitrogen and oxygen atoms in total. The van der Waals surface area contributed by atoms with Gasteiger partial charge in [0.1, 0.15) is 5.82 Å². The summed E-state index contributed by atoms with van der Waals surface area (Å²) in [6.45, 7) is 3.89. The smallest absolute Gasteiger partial charge is 0.239 e. The zero-order valence-corrected chi connectivity index (χ0v) is 14.1. The number of benzene rings is 1. The first-order chi connectivity index (χ1) is 11.6. The molecule has 1 aromatic carbocycles. The number of amides is 2. The van der Waals surface area contributed by atoms with Gasteiger partial charge in [-0.05, 0) is 18.4 Å². The molecule has 1 atom stereocenters. The molecule has 0 spiro atoms. The Balaban J connectivity index is 1.95. The average molecular weight is 328 g/mol. The number of rotatable bonds is 8. The van der Waals surface area contributed by atoms with Gasteiger partial charge in [0, 0.05) is 6.42 Å². The molecule has 0 aliphatic carbocycles. The third-order valence-corrected chi connectivity index (χ3v) is 3.68. The van der Waals surface area contributed by atoms with Gasteiger partial charge >= 0.3 is 0 Å². The van der Waals surface area contributed by atoms with Gasteiger partial charge in [0.05, 0.1) is 24.5 Å². The second-order valence-corrected chi connectivity index (χ2v) is 5.60. The monoisotopic (exact) mass is 328 g/mol. The molecule has 6 heteroatoms. The van der Waals surface area contributed by atoms with Gasteiger partial charge in [-0.2, -0.15) is 0 Å². The van der Waals surface area contributed by atoms with Crippen LogP contribution in [-0.4, -0.2) is 28.3 Å². The Morgan fingerprint density at radius 3 is 2.58 bits per heavy atom. The van der Waals surface area contributed by atoms with Crippen LogP contribution in [0.4, 0.5) is 0 Å². The Hall–Kier alpha value is -2.63. The highest BCUT2D eigenvalue weighted by Gasteiger charge is 2.16. The maximum absolute atomic E-state index is 12.0. The van der Waals surface area contributed by atoms with E-state index in [1.807, 2.05) is 44.2 Å². The maximum Gasteiger partial charge on any atom is 0.239 e. The minimum atomic E-state index is -0.219. The largest absolute Gasteiger partial charge is 0.347 e. The summed E-state index contributed by atoms with van der Waals surface area (Å²) < 4.78 is 0. The minimum absolute atomic E-state index is 0.0123. The third kappa shape index (κ3) is 4.94. The van der Waals surface area contributed by atoms with Gasteiger partial charge in [-0.25, -0.2) is 4.98 Å². The first-order valence-corrected chi connectivity index (χ1v) is 8.30. The maximum atomic E-state index is 12.0. The molecule has 0 unspecified atom stereocenters. The Labute approximate surface area is 142 Å². The van der Waals surface area contributed by atoms with E-state index in [1.54, 1.807) is 6.20 Å². The summed E-state index contributed by atoms with van der Waals surface area (Å²) in [5.41, 5.74) is 1.96. The minimum Gasteiger partial charge on any atom is -0.347 e. The molecule has 24 heavy (non-hydrogen) atoms. The van der Waals surface area contributed by atoms with Gasteiger partial charge in [0.2, 0.25) is 11.8 Å². The van der Waals surface area contributed by atoms with E-state index in [0.717, 1.165) is 17.7 Å². The highest BCUT2D eigenvalue weighted by Crippen LogP contribution is 2.20. The van der Waals surface area contributed by atoms with Crippen molar-refractivity contribution in [3.05, 3.63) is 42.4 Å². The molecule has 128 valence electrons. The second kappa shape index (κ2) is 8.86. The van der Waals surface area contributed by atoms with Crippen LogP contribution in [0.3, 0.4) is 0 Å². The molecule has 1 heterocycles. The van der Waals surface area contributed by atoms with Gasteiger partial charge in [-0.1, -0.05) is 44.2 Å². The number of nitrogens with one attached hydrogen (secondary N) is 3.